The predicted octanol–water partition coefficient (Wildman–Crippen LogP) is 26.1. The highest BCUT2D eigenvalue weighted by atomic mass is 16.5. The molecule has 13 aliphatic rings. The molecule has 8 unspecified atom stereocenters. The fourth-order valence-electron chi connectivity index (χ4n) is 25.6. The van der Waals surface area contributed by atoms with E-state index in [2.05, 4.69) is 169 Å². The molecule has 22 atom stereocenters. The maximum atomic E-state index is 10.2. The second-order valence-corrected chi connectivity index (χ2v) is 43.2. The molecule has 8 heteroatoms. The summed E-state index contributed by atoms with van der Waals surface area (Å²) in [6, 6.07) is 0. The number of hydrogen-bond acceptors (Lipinski definition) is 8. The van der Waals surface area contributed by atoms with E-state index in [9.17, 15) is 35.7 Å². The van der Waals surface area contributed by atoms with Gasteiger partial charge in [0.15, 0.2) is 0 Å². The third-order valence-electron chi connectivity index (χ3n) is 33.4. The molecule has 115 heavy (non-hydrogen) atoms. The van der Waals surface area contributed by atoms with Crippen LogP contribution in [0.25, 0.3) is 0 Å². The summed E-state index contributed by atoms with van der Waals surface area (Å²) >= 11 is 0. The molecular formula is C107H170O8. The first kappa shape index (κ1) is 93.6. The molecule has 7 N–H and O–H groups in total. The first-order chi connectivity index (χ1) is 54.4. The van der Waals surface area contributed by atoms with E-state index >= 15 is 0 Å². The molecule has 13 rings (SSSR count). The largest absolute Gasteiger partial charge is 0.393 e. The summed E-state index contributed by atoms with van der Waals surface area (Å²) in [7, 11) is 0. The number of hydrogen-bond donors (Lipinski definition) is 7. The van der Waals surface area contributed by atoms with Gasteiger partial charge in [0.1, 0.15) is 0 Å². The summed E-state index contributed by atoms with van der Waals surface area (Å²) < 4.78 is 6.20. The van der Waals surface area contributed by atoms with Crippen LogP contribution in [-0.2, 0) is 4.74 Å². The highest BCUT2D eigenvalue weighted by molar-refractivity contribution is 5.39. The Balaban J connectivity index is 0.000000162. The van der Waals surface area contributed by atoms with E-state index < -0.39 is 11.2 Å². The normalized spacial score (nSPS) is 38.5. The van der Waals surface area contributed by atoms with Crippen molar-refractivity contribution < 1.29 is 40.5 Å². The molecule has 0 aromatic carbocycles. The number of aliphatic hydroxyl groups is 7. The number of allylic oxidation sites excluding steroid dienone is 17. The number of ether oxygens (including phenoxy) is 1. The van der Waals surface area contributed by atoms with Crippen LogP contribution in [0.2, 0.25) is 0 Å². The molecule has 13 aliphatic carbocycles. The van der Waals surface area contributed by atoms with Gasteiger partial charge in [-0.1, -0.05) is 226 Å². The Morgan fingerprint density at radius 1 is 0.417 bits per heavy atom. The van der Waals surface area contributed by atoms with Gasteiger partial charge >= 0.3 is 0 Å². The molecule has 646 valence electrons. The molecule has 0 radical (unpaired) electrons. The van der Waals surface area contributed by atoms with Gasteiger partial charge in [0.25, 0.3) is 0 Å². The van der Waals surface area contributed by atoms with Crippen LogP contribution in [0.1, 0.15) is 354 Å². The molecule has 0 amide bonds. The van der Waals surface area contributed by atoms with E-state index in [0.717, 1.165) is 113 Å². The van der Waals surface area contributed by atoms with E-state index in [1.165, 1.54) is 200 Å². The lowest BCUT2D eigenvalue weighted by molar-refractivity contribution is -0.0454. The molecule has 0 heterocycles. The van der Waals surface area contributed by atoms with Crippen LogP contribution in [0, 0.1) is 105 Å². The minimum atomic E-state index is -0.660. The lowest BCUT2D eigenvalue weighted by atomic mass is 9.60. The SMILES string of the molecule is C=C1CC[C@H](O)C/C1=C/C=C1\CCC[C@]2(C)C(C(C)/C=C/[C@@H](O)C3CC3)CC[C@@H]12.C=C1CC[C@H](O)C/C1=C/C=C1\CCC[C@]2(C)C(C(C)CCCC(C)C)CC[C@@H]12.C=C1CC[C@H](O)C/C1=C/C=C1\CCC[C@]2(C)C(C(C)OCCC(C)(C)O)CC[C@@H]12.CC(/C=C/[C@H](C)C(C)(C)O)C1CC[C@H]2/C(=C/C=C3\CCC[C@H](O)C3)CCC[C@]12C. The smallest absolute Gasteiger partial charge is 0.0749 e. The molecule has 8 nitrogen and oxygen atoms in total. The van der Waals surface area contributed by atoms with Crippen LogP contribution in [0.5, 0.6) is 0 Å². The Kier molecular flexibility index (Phi) is 33.7. The average molecular weight is 1580 g/mol. The van der Waals surface area contributed by atoms with Gasteiger partial charge in [0.05, 0.1) is 47.8 Å². The monoisotopic (exact) mass is 1580 g/mol. The van der Waals surface area contributed by atoms with Gasteiger partial charge in [-0.15, -0.1) is 0 Å². The van der Waals surface area contributed by atoms with Crippen molar-refractivity contribution in [2.45, 2.75) is 402 Å². The highest BCUT2D eigenvalue weighted by Gasteiger charge is 2.55. The van der Waals surface area contributed by atoms with Crippen LogP contribution in [0.3, 0.4) is 0 Å². The fourth-order valence-corrected chi connectivity index (χ4v) is 25.6. The Morgan fingerprint density at radius 3 is 1.20 bits per heavy atom. The summed E-state index contributed by atoms with van der Waals surface area (Å²) in [4.78, 5) is 0. The molecule has 0 aliphatic heterocycles. The summed E-state index contributed by atoms with van der Waals surface area (Å²) in [6.07, 6.45) is 72.2. The van der Waals surface area contributed by atoms with Crippen molar-refractivity contribution in [2.75, 3.05) is 6.61 Å². The lowest BCUT2D eigenvalue weighted by Crippen LogP contribution is -2.39. The predicted molar refractivity (Wildman–Crippen MR) is 484 cm³/mol. The van der Waals surface area contributed by atoms with Gasteiger partial charge in [0.2, 0.25) is 0 Å². The van der Waals surface area contributed by atoms with Crippen LogP contribution in [0.4, 0.5) is 0 Å². The lowest BCUT2D eigenvalue weighted by Gasteiger charge is -2.44. The van der Waals surface area contributed by atoms with E-state index in [4.69, 9.17) is 4.74 Å². The van der Waals surface area contributed by atoms with Gasteiger partial charge in [-0.05, 0) is 381 Å². The van der Waals surface area contributed by atoms with Crippen LogP contribution in [-0.4, -0.2) is 90.2 Å². The van der Waals surface area contributed by atoms with Crippen molar-refractivity contribution >= 4 is 0 Å². The quantitative estimate of drug-likeness (QED) is 0.0530. The van der Waals surface area contributed by atoms with Crippen molar-refractivity contribution in [2.24, 2.45) is 105 Å². The first-order valence-electron chi connectivity index (χ1n) is 47.9. The maximum absolute atomic E-state index is 10.2. The second-order valence-electron chi connectivity index (χ2n) is 43.2. The van der Waals surface area contributed by atoms with E-state index in [0.29, 0.717) is 82.0 Å². The van der Waals surface area contributed by atoms with Crippen molar-refractivity contribution in [3.05, 3.63) is 154 Å². The molecule has 13 saturated carbocycles. The standard InChI is InChI=1S/C27H40O2.C27H44O2.C27H44O.C26H42O3/c1-18-6-12-23(28)17-22(18)11-8-20-5-4-16-27(3)24(13-14-25(20)27)19(2)7-15-26(29)21-9-10-21;1-19(11-12-20(2)26(3,4)29)24-15-16-25-22(9-7-17-27(24,25)5)14-13-21-8-6-10-23(28)18-21;1-19(2)8-6-9-21(4)25-15-16-26-22(10-7-17-27(25,26)5)12-13-23-18-24(28)14-11-20(23)3;1-18-8-11-22(27)17-21(18)10-9-20-7-6-14-26(5)23(12-13-24(20)26)19(2)29-16-15-25(3,4)28/h7-8,11,15,19,21,23-26,28-29H,1,4-6,9-10,12-14,16-17H2,2-3H3;11-14,19-20,23-25,28-29H,6-10,15-18H2,1-5H3;12-13,19,21,24-26,28H,3,6-11,14-18H2,1-2,4-5H3;9-10,19,22-24,27-28H,1,6-8,11-17H2,2-5H3/b15-7+,20-8+,22-11-;12-11+,21-13+,22-14+;22-12+,23-13-;20-9+,21-10-/t19?,23-,24?,25-,26+,27+;19?,20-,23-,24?,25-,27+;21?,24-,25?,26-,27+;19?,22-,23?,24-,26+/m0000/s1. The minimum absolute atomic E-state index is 0.125. The van der Waals surface area contributed by atoms with Crippen LogP contribution in [0.15, 0.2) is 154 Å². The van der Waals surface area contributed by atoms with Gasteiger partial charge in [-0.3, -0.25) is 0 Å². The van der Waals surface area contributed by atoms with Gasteiger partial charge in [-0.2, -0.15) is 0 Å². The molecule has 13 fully saturated rings. The third kappa shape index (κ3) is 24.6. The Morgan fingerprint density at radius 2 is 0.800 bits per heavy atom. The summed E-state index contributed by atoms with van der Waals surface area (Å²) in [6.45, 7) is 47.3. The summed E-state index contributed by atoms with van der Waals surface area (Å²) in [5.41, 5.74) is 15.7. The van der Waals surface area contributed by atoms with Gasteiger partial charge in [-0.25, -0.2) is 0 Å². The molecule has 0 aromatic heterocycles. The Bertz CT molecular complexity index is 3540. The zero-order valence-electron chi connectivity index (χ0n) is 75.9. The molecule has 0 bridgehead atoms. The minimum Gasteiger partial charge on any atom is -0.393 e. The van der Waals surface area contributed by atoms with Crippen LogP contribution >= 0.6 is 0 Å². The van der Waals surface area contributed by atoms with Crippen molar-refractivity contribution in [1.82, 2.24) is 0 Å². The topological polar surface area (TPSA) is 151 Å². The Hall–Kier alpha value is -3.70. The van der Waals surface area contributed by atoms with Crippen LogP contribution < -0.4 is 0 Å². The highest BCUT2D eigenvalue weighted by Crippen LogP contribution is 2.64. The molecule has 0 aromatic rings. The summed E-state index contributed by atoms with van der Waals surface area (Å²) in [5.74, 6) is 9.21. The fraction of sp³-hybridized carbons (Fsp3) is 0.757. The first-order valence-corrected chi connectivity index (χ1v) is 47.9. The van der Waals surface area contributed by atoms with Crippen molar-refractivity contribution in [1.29, 1.82) is 0 Å². The second kappa shape index (κ2) is 41.4. The van der Waals surface area contributed by atoms with Crippen molar-refractivity contribution in [3.8, 4) is 0 Å². The molecule has 0 saturated heterocycles. The molecular weight excluding hydrogens is 1410 g/mol. The van der Waals surface area contributed by atoms with Gasteiger partial charge in [0, 0.05) is 12.5 Å². The number of aliphatic hydroxyl groups excluding tert-OH is 5. The van der Waals surface area contributed by atoms with E-state index in [1.54, 1.807) is 22.3 Å². The van der Waals surface area contributed by atoms with E-state index in [1.807, 2.05) is 27.7 Å². The molecule has 0 spiro atoms. The maximum Gasteiger partial charge on any atom is 0.0749 e. The Labute approximate surface area is 703 Å². The summed E-state index contributed by atoms with van der Waals surface area (Å²) in [5, 5.41) is 70.4. The average Bonchev–Trinajstić information content (AvgIpc) is 1.62. The van der Waals surface area contributed by atoms with E-state index in [-0.39, 0.29) is 42.5 Å². The van der Waals surface area contributed by atoms with Crippen molar-refractivity contribution in [3.63, 3.8) is 0 Å². The van der Waals surface area contributed by atoms with Gasteiger partial charge < -0.3 is 40.5 Å². The number of rotatable bonds is 22. The zero-order valence-corrected chi connectivity index (χ0v) is 75.9. The number of fused-ring (bicyclic) bond motifs is 4. The third-order valence-corrected chi connectivity index (χ3v) is 33.4. The zero-order chi connectivity index (χ0) is 83.4.